The first-order chi connectivity index (χ1) is 9.54. The molecule has 1 heterocycles. The summed E-state index contributed by atoms with van der Waals surface area (Å²) in [7, 11) is -1.84. The van der Waals surface area contributed by atoms with Crippen LogP contribution in [0.15, 0.2) is 29.2 Å². The number of benzene rings is 1. The Kier molecular flexibility index (Phi) is 4.76. The van der Waals surface area contributed by atoms with Crippen LogP contribution in [0.5, 0.6) is 0 Å². The van der Waals surface area contributed by atoms with Gasteiger partial charge in [-0.15, -0.1) is 0 Å². The number of nitrogens with zero attached hydrogens (tertiary/aromatic N) is 2. The van der Waals surface area contributed by atoms with Crippen LogP contribution >= 0.6 is 0 Å². The highest BCUT2D eigenvalue weighted by Gasteiger charge is 2.24. The van der Waals surface area contributed by atoms with Gasteiger partial charge in [0.25, 0.3) is 0 Å². The molecule has 0 radical (unpaired) electrons. The van der Waals surface area contributed by atoms with E-state index in [4.69, 9.17) is 5.26 Å². The first kappa shape index (κ1) is 15.0. The predicted molar refractivity (Wildman–Crippen MR) is 76.6 cm³/mol. The van der Waals surface area contributed by atoms with E-state index in [1.54, 1.807) is 7.05 Å². The fourth-order valence-electron chi connectivity index (χ4n) is 2.41. The summed E-state index contributed by atoms with van der Waals surface area (Å²) in [4.78, 5) is 0.243. The van der Waals surface area contributed by atoms with Crippen molar-refractivity contribution >= 4 is 10.0 Å². The molecule has 1 saturated heterocycles. The van der Waals surface area contributed by atoms with Gasteiger partial charge in [-0.1, -0.05) is 0 Å². The maximum Gasteiger partial charge on any atom is 0.242 e. The normalized spacial score (nSPS) is 17.1. The predicted octanol–water partition coefficient (Wildman–Crippen LogP) is 1.18. The summed E-state index contributed by atoms with van der Waals surface area (Å²) in [6.45, 7) is 2.45. The molecule has 0 saturated carbocycles. The zero-order valence-electron chi connectivity index (χ0n) is 11.5. The molecule has 1 fully saturated rings. The van der Waals surface area contributed by atoms with Crippen molar-refractivity contribution in [3.05, 3.63) is 29.8 Å². The lowest BCUT2D eigenvalue weighted by Gasteiger charge is -2.27. The van der Waals surface area contributed by atoms with Gasteiger partial charge in [0.15, 0.2) is 0 Å². The minimum atomic E-state index is -3.46. The van der Waals surface area contributed by atoms with Crippen LogP contribution in [0, 0.1) is 17.2 Å². The molecule has 1 aliphatic heterocycles. The maximum absolute atomic E-state index is 12.4. The summed E-state index contributed by atoms with van der Waals surface area (Å²) >= 11 is 0. The van der Waals surface area contributed by atoms with E-state index in [9.17, 15) is 8.42 Å². The molecule has 108 valence electrons. The van der Waals surface area contributed by atoms with Crippen molar-refractivity contribution in [3.63, 3.8) is 0 Å². The lowest BCUT2D eigenvalue weighted by molar-refractivity contribution is 0.311. The second-order valence-corrected chi connectivity index (χ2v) is 7.16. The van der Waals surface area contributed by atoms with Gasteiger partial charge < -0.3 is 5.32 Å². The Morgan fingerprint density at radius 2 is 1.90 bits per heavy atom. The van der Waals surface area contributed by atoms with Gasteiger partial charge in [0.2, 0.25) is 10.0 Å². The Bertz CT molecular complexity index is 584. The molecule has 0 bridgehead atoms. The standard InChI is InChI=1S/C14H19N3O2S/c1-17(11-13-6-8-16-9-7-13)20(18,19)14-4-2-12(10-15)3-5-14/h2-5,13,16H,6-9,11H2,1H3. The van der Waals surface area contributed by atoms with E-state index >= 15 is 0 Å². The van der Waals surface area contributed by atoms with Crippen LogP contribution in [0.3, 0.4) is 0 Å². The number of nitriles is 1. The third-order valence-corrected chi connectivity index (χ3v) is 5.50. The Morgan fingerprint density at radius 1 is 1.30 bits per heavy atom. The molecule has 20 heavy (non-hydrogen) atoms. The van der Waals surface area contributed by atoms with Crippen LogP contribution in [0.4, 0.5) is 0 Å². The molecule has 2 rings (SSSR count). The Morgan fingerprint density at radius 3 is 2.45 bits per heavy atom. The molecule has 1 N–H and O–H groups in total. The average molecular weight is 293 g/mol. The van der Waals surface area contributed by atoms with Gasteiger partial charge in [-0.3, -0.25) is 0 Å². The van der Waals surface area contributed by atoms with Gasteiger partial charge in [0.05, 0.1) is 16.5 Å². The monoisotopic (exact) mass is 293 g/mol. The Hall–Kier alpha value is -1.42. The fourth-order valence-corrected chi connectivity index (χ4v) is 3.65. The molecular formula is C14H19N3O2S. The highest BCUT2D eigenvalue weighted by atomic mass is 32.2. The summed E-state index contributed by atoms with van der Waals surface area (Å²) in [5, 5.41) is 12.0. The van der Waals surface area contributed by atoms with Crippen LogP contribution in [0.25, 0.3) is 0 Å². The lowest BCUT2D eigenvalue weighted by atomic mass is 9.98. The number of piperidine rings is 1. The first-order valence-electron chi connectivity index (χ1n) is 6.71. The number of hydrogen-bond donors (Lipinski definition) is 1. The minimum absolute atomic E-state index is 0.243. The van der Waals surface area contributed by atoms with Gasteiger partial charge >= 0.3 is 0 Å². The third kappa shape index (κ3) is 3.37. The van der Waals surface area contributed by atoms with Crippen LogP contribution < -0.4 is 5.32 Å². The van der Waals surface area contributed by atoms with Crippen molar-refractivity contribution in [3.8, 4) is 6.07 Å². The largest absolute Gasteiger partial charge is 0.317 e. The van der Waals surface area contributed by atoms with Crippen molar-refractivity contribution in [1.82, 2.24) is 9.62 Å². The number of rotatable bonds is 4. The summed E-state index contributed by atoms with van der Waals surface area (Å²) in [5.74, 6) is 0.411. The smallest absolute Gasteiger partial charge is 0.242 e. The molecular weight excluding hydrogens is 274 g/mol. The van der Waals surface area contributed by atoms with Crippen LogP contribution in [-0.4, -0.2) is 39.4 Å². The van der Waals surface area contributed by atoms with Gasteiger partial charge in [-0.25, -0.2) is 12.7 Å². The molecule has 0 atom stereocenters. The number of nitrogens with one attached hydrogen (secondary N) is 1. The highest BCUT2D eigenvalue weighted by molar-refractivity contribution is 7.89. The highest BCUT2D eigenvalue weighted by Crippen LogP contribution is 2.19. The van der Waals surface area contributed by atoms with Crippen molar-refractivity contribution in [1.29, 1.82) is 5.26 Å². The first-order valence-corrected chi connectivity index (χ1v) is 8.15. The van der Waals surface area contributed by atoms with E-state index in [0.717, 1.165) is 25.9 Å². The van der Waals surface area contributed by atoms with Crippen LogP contribution in [-0.2, 0) is 10.0 Å². The molecule has 1 aromatic rings. The molecule has 1 aliphatic rings. The van der Waals surface area contributed by atoms with E-state index in [2.05, 4.69) is 5.32 Å². The second-order valence-electron chi connectivity index (χ2n) is 5.12. The average Bonchev–Trinajstić information content (AvgIpc) is 2.48. The topological polar surface area (TPSA) is 73.2 Å². The Labute approximate surface area is 120 Å². The van der Waals surface area contributed by atoms with E-state index in [1.807, 2.05) is 6.07 Å². The number of hydrogen-bond acceptors (Lipinski definition) is 4. The zero-order chi connectivity index (χ0) is 14.6. The summed E-state index contributed by atoms with van der Waals surface area (Å²) in [5.41, 5.74) is 0.463. The molecule has 0 aliphatic carbocycles. The van der Waals surface area contributed by atoms with E-state index in [1.165, 1.54) is 28.6 Å². The van der Waals surface area contributed by atoms with Gasteiger partial charge in [0, 0.05) is 13.6 Å². The van der Waals surface area contributed by atoms with Crippen LogP contribution in [0.1, 0.15) is 18.4 Å². The van der Waals surface area contributed by atoms with Crippen molar-refractivity contribution in [2.45, 2.75) is 17.7 Å². The van der Waals surface area contributed by atoms with E-state index in [-0.39, 0.29) is 4.90 Å². The minimum Gasteiger partial charge on any atom is -0.317 e. The molecule has 0 aromatic heterocycles. The van der Waals surface area contributed by atoms with Gasteiger partial charge in [0.1, 0.15) is 0 Å². The quantitative estimate of drug-likeness (QED) is 0.904. The molecule has 5 nitrogen and oxygen atoms in total. The van der Waals surface area contributed by atoms with Crippen molar-refractivity contribution in [2.24, 2.45) is 5.92 Å². The third-order valence-electron chi connectivity index (χ3n) is 3.67. The fraction of sp³-hybridized carbons (Fsp3) is 0.500. The molecule has 6 heteroatoms. The Balaban J connectivity index is 2.09. The van der Waals surface area contributed by atoms with Crippen LogP contribution in [0.2, 0.25) is 0 Å². The molecule has 0 amide bonds. The summed E-state index contributed by atoms with van der Waals surface area (Å²) in [6.07, 6.45) is 2.01. The molecule has 0 unspecified atom stereocenters. The van der Waals surface area contributed by atoms with Gasteiger partial charge in [-0.2, -0.15) is 5.26 Å². The van der Waals surface area contributed by atoms with Crippen molar-refractivity contribution < 1.29 is 8.42 Å². The zero-order valence-corrected chi connectivity index (χ0v) is 12.4. The summed E-state index contributed by atoms with van der Waals surface area (Å²) in [6, 6.07) is 8.04. The summed E-state index contributed by atoms with van der Waals surface area (Å²) < 4.78 is 26.3. The van der Waals surface area contributed by atoms with Crippen molar-refractivity contribution in [2.75, 3.05) is 26.7 Å². The lowest BCUT2D eigenvalue weighted by Crippen LogP contribution is -2.37. The van der Waals surface area contributed by atoms with Gasteiger partial charge in [-0.05, 0) is 56.1 Å². The molecule has 1 aromatic carbocycles. The SMILES string of the molecule is CN(CC1CCNCC1)S(=O)(=O)c1ccc(C#N)cc1. The second kappa shape index (κ2) is 6.35. The molecule has 0 spiro atoms. The van der Waals surface area contributed by atoms with E-state index in [0.29, 0.717) is 18.0 Å². The number of sulfonamides is 1. The maximum atomic E-state index is 12.4. The van der Waals surface area contributed by atoms with E-state index < -0.39 is 10.0 Å².